The topological polar surface area (TPSA) is 69.9 Å². The first kappa shape index (κ1) is 28.4. The number of benzene rings is 2. The van der Waals surface area contributed by atoms with Crippen molar-refractivity contribution in [3.8, 4) is 5.75 Å². The average molecular weight is 471 g/mol. The maximum atomic E-state index is 10.5. The largest absolute Gasteiger partial charge is 0.493 e. The molecule has 0 radical (unpaired) electrons. The number of hydrogen-bond donors (Lipinski definition) is 3. The second kappa shape index (κ2) is 12.2. The van der Waals surface area contributed by atoms with E-state index in [1.165, 1.54) is 22.3 Å². The van der Waals surface area contributed by atoms with E-state index >= 15 is 0 Å². The van der Waals surface area contributed by atoms with Crippen LogP contribution in [0.2, 0.25) is 0 Å². The van der Waals surface area contributed by atoms with Crippen LogP contribution in [0.4, 0.5) is 0 Å². The molecule has 2 rings (SSSR count). The highest BCUT2D eigenvalue weighted by Crippen LogP contribution is 2.41. The molecule has 3 N–H and O–H groups in total. The van der Waals surface area contributed by atoms with E-state index in [-0.39, 0.29) is 36.1 Å². The Morgan fingerprint density at radius 2 is 1.41 bits per heavy atom. The zero-order chi connectivity index (χ0) is 25.5. The van der Waals surface area contributed by atoms with Gasteiger partial charge in [0.1, 0.15) is 5.75 Å². The third kappa shape index (κ3) is 6.62. The first-order valence-electron chi connectivity index (χ1n) is 12.8. The van der Waals surface area contributed by atoms with Crippen molar-refractivity contribution in [3.05, 3.63) is 64.2 Å². The van der Waals surface area contributed by atoms with E-state index in [0.29, 0.717) is 6.61 Å². The summed E-state index contributed by atoms with van der Waals surface area (Å²) in [5.41, 5.74) is 6.05. The van der Waals surface area contributed by atoms with Crippen molar-refractivity contribution in [2.45, 2.75) is 85.7 Å². The van der Waals surface area contributed by atoms with Crippen LogP contribution in [0.1, 0.15) is 81.7 Å². The summed E-state index contributed by atoms with van der Waals surface area (Å²) in [5.74, 6) is 0.524. The van der Waals surface area contributed by atoms with Gasteiger partial charge < -0.3 is 20.1 Å². The standard InChI is InChI=1S/C30H46O4/c1-8-30(9-2,26-13-14-27(22(4)17-26)34-20-23(18-31)19-32)25-12-10-24(21(3)16-25)11-15-28(33)29(5,6)7/h10,12-14,16-17,23,28,31-33H,8-9,11,15,18-20H2,1-7H3. The van der Waals surface area contributed by atoms with Crippen LogP contribution in [0.3, 0.4) is 0 Å². The Hall–Kier alpha value is -1.88. The average Bonchev–Trinajstić information content (AvgIpc) is 2.80. The van der Waals surface area contributed by atoms with E-state index in [9.17, 15) is 15.3 Å². The fraction of sp³-hybridized carbons (Fsp3) is 0.600. The van der Waals surface area contributed by atoms with E-state index in [1.807, 2.05) is 6.07 Å². The molecule has 34 heavy (non-hydrogen) atoms. The van der Waals surface area contributed by atoms with E-state index < -0.39 is 0 Å². The lowest BCUT2D eigenvalue weighted by atomic mass is 9.69. The van der Waals surface area contributed by atoms with Gasteiger partial charge in [0.05, 0.1) is 25.9 Å². The SMILES string of the molecule is CCC(CC)(c1ccc(CCC(O)C(C)(C)C)c(C)c1)c1ccc(OCC(CO)CO)c(C)c1. The third-order valence-electron chi connectivity index (χ3n) is 7.51. The fourth-order valence-electron chi connectivity index (χ4n) is 4.71. The number of aliphatic hydroxyl groups is 3. The van der Waals surface area contributed by atoms with Gasteiger partial charge in [-0.15, -0.1) is 0 Å². The lowest BCUT2D eigenvalue weighted by molar-refractivity contribution is 0.0560. The number of aryl methyl sites for hydroxylation is 3. The summed E-state index contributed by atoms with van der Waals surface area (Å²) in [6, 6.07) is 13.2. The molecule has 0 aromatic heterocycles. The molecule has 1 unspecified atom stereocenters. The molecule has 0 aliphatic rings. The number of rotatable bonds is 12. The van der Waals surface area contributed by atoms with Crippen LogP contribution in [-0.4, -0.2) is 41.2 Å². The van der Waals surface area contributed by atoms with Crippen molar-refractivity contribution >= 4 is 0 Å². The maximum absolute atomic E-state index is 10.5. The Morgan fingerprint density at radius 1 is 0.853 bits per heavy atom. The monoisotopic (exact) mass is 470 g/mol. The second-order valence-electron chi connectivity index (χ2n) is 10.9. The van der Waals surface area contributed by atoms with Gasteiger partial charge in [0.15, 0.2) is 0 Å². The third-order valence-corrected chi connectivity index (χ3v) is 7.51. The summed E-state index contributed by atoms with van der Waals surface area (Å²) < 4.78 is 5.89. The molecule has 0 saturated heterocycles. The second-order valence-corrected chi connectivity index (χ2v) is 10.9. The Kier molecular flexibility index (Phi) is 10.2. The number of hydrogen-bond acceptors (Lipinski definition) is 4. The maximum Gasteiger partial charge on any atom is 0.122 e. The lowest BCUT2D eigenvalue weighted by Gasteiger charge is -2.34. The highest BCUT2D eigenvalue weighted by molar-refractivity contribution is 5.47. The molecule has 0 fully saturated rings. The van der Waals surface area contributed by atoms with Crippen molar-refractivity contribution < 1.29 is 20.1 Å². The summed E-state index contributed by atoms with van der Waals surface area (Å²) in [6.07, 6.45) is 3.31. The predicted octanol–water partition coefficient (Wildman–Crippen LogP) is 5.73. The lowest BCUT2D eigenvalue weighted by Crippen LogP contribution is -2.27. The van der Waals surface area contributed by atoms with Crippen LogP contribution in [0.5, 0.6) is 5.75 Å². The van der Waals surface area contributed by atoms with E-state index in [2.05, 4.69) is 78.8 Å². The first-order valence-corrected chi connectivity index (χ1v) is 12.8. The predicted molar refractivity (Wildman–Crippen MR) is 141 cm³/mol. The molecule has 0 aliphatic heterocycles. The summed E-state index contributed by atoms with van der Waals surface area (Å²) in [5, 5.41) is 29.1. The molecule has 2 aromatic rings. The van der Waals surface area contributed by atoms with Crippen molar-refractivity contribution in [3.63, 3.8) is 0 Å². The molecule has 0 spiro atoms. The summed E-state index contributed by atoms with van der Waals surface area (Å²) in [4.78, 5) is 0. The van der Waals surface area contributed by atoms with Crippen LogP contribution in [-0.2, 0) is 11.8 Å². The molecule has 0 saturated carbocycles. The normalized spacial score (nSPS) is 13.4. The fourth-order valence-corrected chi connectivity index (χ4v) is 4.71. The quantitative estimate of drug-likeness (QED) is 0.371. The van der Waals surface area contributed by atoms with Crippen LogP contribution >= 0.6 is 0 Å². The van der Waals surface area contributed by atoms with Crippen molar-refractivity contribution in [1.29, 1.82) is 0 Å². The Bertz CT molecular complexity index is 905. The molecular formula is C30H46O4. The Labute approximate surface area is 207 Å². The van der Waals surface area contributed by atoms with Crippen LogP contribution in [0.25, 0.3) is 0 Å². The molecule has 0 bridgehead atoms. The zero-order valence-electron chi connectivity index (χ0n) is 22.3. The van der Waals surface area contributed by atoms with Gasteiger partial charge in [0, 0.05) is 11.3 Å². The molecule has 0 aliphatic carbocycles. The molecule has 4 heteroatoms. The van der Waals surface area contributed by atoms with Crippen LogP contribution < -0.4 is 4.74 Å². The molecule has 4 nitrogen and oxygen atoms in total. The molecule has 1 atom stereocenters. The minimum absolute atomic E-state index is 0.0871. The molecule has 0 heterocycles. The molecule has 2 aromatic carbocycles. The minimum atomic E-state index is -0.314. The van der Waals surface area contributed by atoms with Crippen molar-refractivity contribution in [2.24, 2.45) is 11.3 Å². The zero-order valence-corrected chi connectivity index (χ0v) is 22.3. The summed E-state index contributed by atoms with van der Waals surface area (Å²) in [6.45, 7) is 15.1. The van der Waals surface area contributed by atoms with Crippen molar-refractivity contribution in [1.82, 2.24) is 0 Å². The van der Waals surface area contributed by atoms with Crippen LogP contribution in [0, 0.1) is 25.2 Å². The van der Waals surface area contributed by atoms with Gasteiger partial charge in [0.2, 0.25) is 0 Å². The highest BCUT2D eigenvalue weighted by atomic mass is 16.5. The highest BCUT2D eigenvalue weighted by Gasteiger charge is 2.31. The van der Waals surface area contributed by atoms with E-state index in [1.54, 1.807) is 0 Å². The first-order chi connectivity index (χ1) is 16.0. The van der Waals surface area contributed by atoms with Gasteiger partial charge in [-0.3, -0.25) is 0 Å². The van der Waals surface area contributed by atoms with Gasteiger partial charge in [-0.2, -0.15) is 0 Å². The van der Waals surface area contributed by atoms with Crippen LogP contribution in [0.15, 0.2) is 36.4 Å². The van der Waals surface area contributed by atoms with Crippen molar-refractivity contribution in [2.75, 3.05) is 19.8 Å². The van der Waals surface area contributed by atoms with Gasteiger partial charge in [0.25, 0.3) is 0 Å². The van der Waals surface area contributed by atoms with Gasteiger partial charge >= 0.3 is 0 Å². The summed E-state index contributed by atoms with van der Waals surface area (Å²) >= 11 is 0. The smallest absolute Gasteiger partial charge is 0.122 e. The van der Waals surface area contributed by atoms with E-state index in [0.717, 1.165) is 37.0 Å². The number of ether oxygens (including phenoxy) is 1. The Balaban J connectivity index is 2.30. The van der Waals surface area contributed by atoms with Gasteiger partial charge in [-0.05, 0) is 78.8 Å². The molecular weight excluding hydrogens is 424 g/mol. The molecule has 0 amide bonds. The van der Waals surface area contributed by atoms with E-state index in [4.69, 9.17) is 4.74 Å². The molecule has 190 valence electrons. The number of aliphatic hydroxyl groups excluding tert-OH is 3. The Morgan fingerprint density at radius 3 is 1.88 bits per heavy atom. The minimum Gasteiger partial charge on any atom is -0.493 e. The van der Waals surface area contributed by atoms with Gasteiger partial charge in [-0.25, -0.2) is 0 Å². The summed E-state index contributed by atoms with van der Waals surface area (Å²) in [7, 11) is 0. The van der Waals surface area contributed by atoms with Gasteiger partial charge in [-0.1, -0.05) is 65.0 Å².